The summed E-state index contributed by atoms with van der Waals surface area (Å²) in [7, 11) is -0.482. The minimum absolute atomic E-state index is 0. The Morgan fingerprint density at radius 3 is 1.04 bits per heavy atom. The highest BCUT2D eigenvalue weighted by atomic mass is 35.5. The molecule has 4 bridgehead atoms. The van der Waals surface area contributed by atoms with Crippen LogP contribution in [0.15, 0.2) is 182 Å². The quantitative estimate of drug-likeness (QED) is 0.0396. The number of carboxylic acids is 2. The van der Waals surface area contributed by atoms with Crippen LogP contribution in [0.3, 0.4) is 0 Å². The lowest BCUT2D eigenvalue weighted by atomic mass is 9.43. The highest BCUT2D eigenvalue weighted by Crippen LogP contribution is 2.67. The molecule has 13 fully saturated rings. The van der Waals surface area contributed by atoms with E-state index in [1.807, 2.05) is 187 Å². The third kappa shape index (κ3) is 22.4. The first-order valence-electron chi connectivity index (χ1n) is 44.1. The van der Waals surface area contributed by atoms with Crippen molar-refractivity contribution in [3.63, 3.8) is 0 Å². The van der Waals surface area contributed by atoms with Crippen LogP contribution in [0, 0.1) is 34.5 Å². The molecule has 0 aromatic heterocycles. The number of amides is 7. The summed E-state index contributed by atoms with van der Waals surface area (Å²) in [6.07, 6.45) is 7.16. The van der Waals surface area contributed by atoms with Crippen molar-refractivity contribution in [2.45, 2.75) is 205 Å². The van der Waals surface area contributed by atoms with Crippen molar-refractivity contribution < 1.29 is 100 Å². The summed E-state index contributed by atoms with van der Waals surface area (Å²) in [5.74, 6) is 0.382. The Balaban J connectivity index is 0.000000151. The fraction of sp³-hybridized carbons (Fsp3) is 0.521. The van der Waals surface area contributed by atoms with E-state index in [1.54, 1.807) is 4.90 Å². The number of nitrogens with zero attached hydrogens (tertiary/aromatic N) is 7. The maximum absolute atomic E-state index is 14.1. The van der Waals surface area contributed by atoms with E-state index in [9.17, 15) is 53.4 Å². The van der Waals surface area contributed by atoms with E-state index >= 15 is 0 Å². The molecule has 29 nitrogen and oxygen atoms in total. The van der Waals surface area contributed by atoms with Crippen LogP contribution in [-0.2, 0) is 101 Å². The van der Waals surface area contributed by atoms with Crippen molar-refractivity contribution >= 4 is 81.0 Å². The maximum atomic E-state index is 14.1. The molecule has 6 aromatic carbocycles. The number of carbonyl (C=O) groups excluding carboxylic acids is 7. The van der Waals surface area contributed by atoms with Crippen LogP contribution in [0.4, 0.5) is 28.8 Å². The lowest BCUT2D eigenvalue weighted by Gasteiger charge is -2.64. The Morgan fingerprint density at radius 2 is 0.722 bits per heavy atom. The van der Waals surface area contributed by atoms with Gasteiger partial charge < -0.3 is 82.2 Å². The van der Waals surface area contributed by atoms with Gasteiger partial charge in [-0.2, -0.15) is 0 Å². The zero-order valence-corrected chi connectivity index (χ0v) is 73.6. The molecule has 3 N–H and O–H groups in total. The third-order valence-corrected chi connectivity index (χ3v) is 27.7. The van der Waals surface area contributed by atoms with Crippen molar-refractivity contribution in [1.82, 2.24) is 39.6 Å². The molecule has 32 heteroatoms. The van der Waals surface area contributed by atoms with Crippen LogP contribution in [0.5, 0.6) is 0 Å². The lowest BCUT2D eigenvalue weighted by Crippen LogP contribution is -2.65. The second-order valence-corrected chi connectivity index (χ2v) is 36.3. The average molecular weight is 1750 g/mol. The van der Waals surface area contributed by atoms with Crippen LogP contribution in [0.2, 0.25) is 0 Å². The molecular formula is C94H119B2ClN8O21. The smallest absolute Gasteiger partial charge is 0.480 e. The summed E-state index contributed by atoms with van der Waals surface area (Å²) in [5.41, 5.74) is 5.41. The number of hydrogen-bond acceptors (Lipinski definition) is 20. The van der Waals surface area contributed by atoms with E-state index in [1.165, 1.54) is 46.8 Å². The number of aliphatic carboxylic acids is 2. The summed E-state index contributed by atoms with van der Waals surface area (Å²) in [5, 5.41) is 21.9. The Hall–Kier alpha value is -10.4. The first-order chi connectivity index (χ1) is 60.2. The number of hydrogen-bond donors (Lipinski definition) is 3. The van der Waals surface area contributed by atoms with E-state index in [4.69, 9.17) is 47.0 Å². The molecule has 0 spiro atoms. The molecule has 13 aliphatic rings. The Labute approximate surface area is 744 Å². The number of ether oxygens (including phenoxy) is 6. The second kappa shape index (κ2) is 42.0. The van der Waals surface area contributed by atoms with Gasteiger partial charge >= 0.3 is 62.7 Å². The van der Waals surface area contributed by atoms with E-state index in [0.717, 1.165) is 74.9 Å². The van der Waals surface area contributed by atoms with Crippen molar-refractivity contribution in [2.24, 2.45) is 34.5 Å². The molecule has 0 unspecified atom stereocenters. The van der Waals surface area contributed by atoms with Crippen LogP contribution < -0.4 is 5.32 Å². The minimum atomic E-state index is -1.14. The monoisotopic (exact) mass is 1750 g/mol. The van der Waals surface area contributed by atoms with E-state index in [0.29, 0.717) is 80.7 Å². The van der Waals surface area contributed by atoms with Gasteiger partial charge in [-0.1, -0.05) is 210 Å². The van der Waals surface area contributed by atoms with E-state index < -0.39 is 80.8 Å². The number of nitrogens with one attached hydrogen (secondary N) is 1. The highest BCUT2D eigenvalue weighted by molar-refractivity contribution is 6.48. The van der Waals surface area contributed by atoms with Crippen LogP contribution in [-0.4, -0.2) is 239 Å². The number of halogens is 1. The molecular weight excluding hydrogens is 1630 g/mol. The van der Waals surface area contributed by atoms with Gasteiger partial charge in [-0.3, -0.25) is 29.1 Å². The zero-order chi connectivity index (χ0) is 88.0. The number of carboxylic acid groups (broad SMARTS) is 2. The first-order valence-corrected chi connectivity index (χ1v) is 44.1. The molecule has 0 radical (unpaired) electrons. The van der Waals surface area contributed by atoms with Gasteiger partial charge in [-0.15, -0.1) is 12.4 Å². The second-order valence-electron chi connectivity index (χ2n) is 36.3. The van der Waals surface area contributed by atoms with Crippen molar-refractivity contribution in [3.05, 3.63) is 215 Å². The van der Waals surface area contributed by atoms with E-state index in [2.05, 4.69) is 46.9 Å². The number of likely N-dealkylation sites (tertiary alicyclic amines) is 4. The van der Waals surface area contributed by atoms with Gasteiger partial charge in [0.1, 0.15) is 59.3 Å². The summed E-state index contributed by atoms with van der Waals surface area (Å²) >= 11 is 0. The van der Waals surface area contributed by atoms with Gasteiger partial charge in [-0.25, -0.2) is 28.8 Å². The molecule has 19 rings (SSSR count). The third-order valence-electron chi connectivity index (χ3n) is 27.7. The predicted octanol–water partition coefficient (Wildman–Crippen LogP) is 14.0. The minimum Gasteiger partial charge on any atom is -0.480 e. The normalized spacial score (nSPS) is 26.3. The summed E-state index contributed by atoms with van der Waals surface area (Å²) < 4.78 is 58.6. The fourth-order valence-corrected chi connectivity index (χ4v) is 20.3. The molecule has 674 valence electrons. The lowest BCUT2D eigenvalue weighted by molar-refractivity contribution is -0.199. The Kier molecular flexibility index (Phi) is 31.1. The SMILES string of the molecule is CC1(C)[C@@H]2C[C@H]3OB([C@@H]4CCCN4)O[C@@]3(C)[C@H]1C2.CC1(C)[C@@H]2C[C@H]3OB([C@@H]4CCCN4C(=O)CN(C(=O)OCc4ccccc4)[C@@H]4CCN(C(=O)OCc5ccccc5)C4)O[C@@]3(C)[C@H]1C2.Cl.O=C(O)CN(C(=O)OCc1ccccc1)[C@@H]1CCN(C(=O)OCc2ccccc2)C1.O=C(O)CN(C(=O)OCc1ccccc1)[C@@H]1CCN(C(=O)OCc2ccccc2)C1. The number of rotatable bonds is 23. The van der Waals surface area contributed by atoms with Crippen molar-refractivity contribution in [1.29, 1.82) is 0 Å². The van der Waals surface area contributed by atoms with Gasteiger partial charge in [0.05, 0.1) is 47.5 Å². The van der Waals surface area contributed by atoms with Gasteiger partial charge in [0.15, 0.2) is 0 Å². The molecule has 13 atom stereocenters. The van der Waals surface area contributed by atoms with Crippen LogP contribution in [0.1, 0.15) is 146 Å². The van der Waals surface area contributed by atoms with Crippen LogP contribution in [0.25, 0.3) is 0 Å². The standard InChI is InChI=1S/C36H46BN3O7.2C22H24N2O6.C14H24BNO2.ClH/c1-35(2)27-19-29(35)36(3)30(20-27)46-37(47-36)31-15-10-17-39(31)32(41)22-40(34(43)45-24-26-13-8-5-9-14-26)28-16-18-38(21-28)33(42)44-23-25-11-6-4-7-12-25;2*25-20(26)14-24(22(28)30-16-18-9-5-2-6-10-18)19-11-12-23(13-19)21(27)29-15-17-7-3-1-4-8-17;1-13(2)9-7-10(13)14(3)11(8-9)17-15(18-14)12-5-4-6-16-12;/h4-9,11-14,27-31H,10,15-24H2,1-3H3;2*1-10,19H,11-16H2,(H,25,26);9-12,16H,4-8H2,1-3H3;1H/t27-,28+,29-,30+,31-,36-;2*19-;9-,10-,11+,12-,14-;/m0110./s1. The molecule has 6 saturated carbocycles. The molecule has 7 amide bonds. The van der Waals surface area contributed by atoms with Crippen molar-refractivity contribution in [2.75, 3.05) is 72.0 Å². The molecule has 7 saturated heterocycles. The predicted molar refractivity (Wildman–Crippen MR) is 468 cm³/mol. The first kappa shape index (κ1) is 93.2. The maximum Gasteiger partial charge on any atom is 0.481 e. The zero-order valence-electron chi connectivity index (χ0n) is 72.8. The Bertz CT molecular complexity index is 4510. The Morgan fingerprint density at radius 1 is 0.405 bits per heavy atom. The largest absolute Gasteiger partial charge is 0.481 e. The van der Waals surface area contributed by atoms with Crippen LogP contribution >= 0.6 is 12.4 Å². The van der Waals surface area contributed by atoms with Gasteiger partial charge in [0, 0.05) is 51.8 Å². The molecule has 6 aliphatic carbocycles. The molecule has 6 aromatic rings. The van der Waals surface area contributed by atoms with E-state index in [-0.39, 0.29) is 126 Å². The fourth-order valence-electron chi connectivity index (χ4n) is 20.3. The number of benzene rings is 6. The van der Waals surface area contributed by atoms with Gasteiger partial charge in [-0.05, 0) is 159 Å². The van der Waals surface area contributed by atoms with Gasteiger partial charge in [0.25, 0.3) is 0 Å². The topological polar surface area (TPSA) is 321 Å². The molecule has 126 heavy (non-hydrogen) atoms. The summed E-state index contributed by atoms with van der Waals surface area (Å²) in [6, 6.07) is 54.6. The van der Waals surface area contributed by atoms with Crippen molar-refractivity contribution in [3.8, 4) is 0 Å². The highest BCUT2D eigenvalue weighted by Gasteiger charge is 2.70. The van der Waals surface area contributed by atoms with Gasteiger partial charge in [0.2, 0.25) is 5.91 Å². The summed E-state index contributed by atoms with van der Waals surface area (Å²) in [4.78, 5) is 123. The summed E-state index contributed by atoms with van der Waals surface area (Å²) in [6.45, 7) is 17.1. The number of carbonyl (C=O) groups is 9. The molecule has 7 aliphatic heterocycles. The average Bonchev–Trinajstić information content (AvgIpc) is 1.58. The molecule has 7 heterocycles.